The van der Waals surface area contributed by atoms with Gasteiger partial charge < -0.3 is 15.0 Å². The monoisotopic (exact) mass is 403 g/mol. The SMILES string of the molecule is CC(C(=O)Nc1ccc(N2CCOCC2)cc1)N(c1ccccc1)S(C)(=O)=O. The van der Waals surface area contributed by atoms with Crippen LogP contribution in [0.15, 0.2) is 54.6 Å². The van der Waals surface area contributed by atoms with Crippen LogP contribution < -0.4 is 14.5 Å². The number of nitrogens with one attached hydrogen (secondary N) is 1. The van der Waals surface area contributed by atoms with Crippen LogP contribution in [-0.2, 0) is 19.6 Å². The number of nitrogens with zero attached hydrogens (tertiary/aromatic N) is 2. The molecule has 1 atom stereocenters. The lowest BCUT2D eigenvalue weighted by atomic mass is 10.2. The summed E-state index contributed by atoms with van der Waals surface area (Å²) in [7, 11) is -3.62. The zero-order valence-electron chi connectivity index (χ0n) is 16.0. The molecule has 0 spiro atoms. The Labute approximate surface area is 166 Å². The van der Waals surface area contributed by atoms with Crippen LogP contribution in [0.25, 0.3) is 0 Å². The Hall–Kier alpha value is -2.58. The normalized spacial score (nSPS) is 15.7. The smallest absolute Gasteiger partial charge is 0.247 e. The molecule has 0 bridgehead atoms. The Bertz CT molecular complexity index is 895. The topological polar surface area (TPSA) is 79.0 Å². The minimum absolute atomic E-state index is 0.395. The van der Waals surface area contributed by atoms with Crippen molar-refractivity contribution in [1.29, 1.82) is 0 Å². The second kappa shape index (κ2) is 8.62. The van der Waals surface area contributed by atoms with Gasteiger partial charge >= 0.3 is 0 Å². The molecule has 1 aliphatic heterocycles. The maximum atomic E-state index is 12.7. The number of ether oxygens (including phenoxy) is 1. The van der Waals surface area contributed by atoms with Crippen LogP contribution in [0.1, 0.15) is 6.92 Å². The van der Waals surface area contributed by atoms with Gasteiger partial charge in [0.05, 0.1) is 25.2 Å². The largest absolute Gasteiger partial charge is 0.378 e. The summed E-state index contributed by atoms with van der Waals surface area (Å²) in [5.41, 5.74) is 2.14. The van der Waals surface area contributed by atoms with Crippen molar-refractivity contribution in [2.75, 3.05) is 47.1 Å². The summed E-state index contributed by atoms with van der Waals surface area (Å²) in [4.78, 5) is 14.9. The summed E-state index contributed by atoms with van der Waals surface area (Å²) >= 11 is 0. The Kier molecular flexibility index (Phi) is 6.21. The highest BCUT2D eigenvalue weighted by Crippen LogP contribution is 2.22. The Balaban J connectivity index is 1.72. The number of carbonyl (C=O) groups is 1. The average Bonchev–Trinajstić information content (AvgIpc) is 2.69. The number of carbonyl (C=O) groups excluding carboxylic acids is 1. The van der Waals surface area contributed by atoms with E-state index in [9.17, 15) is 13.2 Å². The number of rotatable bonds is 6. The Morgan fingerprint density at radius 2 is 1.68 bits per heavy atom. The second-order valence-corrected chi connectivity index (χ2v) is 8.57. The zero-order chi connectivity index (χ0) is 20.1. The molecule has 8 heteroatoms. The first-order valence-electron chi connectivity index (χ1n) is 9.14. The highest BCUT2D eigenvalue weighted by Gasteiger charge is 2.29. The lowest BCUT2D eigenvalue weighted by Crippen LogP contribution is -2.45. The summed E-state index contributed by atoms with van der Waals surface area (Å²) in [6.45, 7) is 4.66. The minimum atomic E-state index is -3.62. The van der Waals surface area contributed by atoms with Crippen LogP contribution in [0, 0.1) is 0 Å². The van der Waals surface area contributed by atoms with E-state index >= 15 is 0 Å². The highest BCUT2D eigenvalue weighted by molar-refractivity contribution is 7.92. The summed E-state index contributed by atoms with van der Waals surface area (Å²) in [6, 6.07) is 15.2. The van der Waals surface area contributed by atoms with Crippen LogP contribution in [-0.4, -0.2) is 52.9 Å². The van der Waals surface area contributed by atoms with E-state index in [1.807, 2.05) is 24.3 Å². The van der Waals surface area contributed by atoms with Crippen molar-refractivity contribution in [3.63, 3.8) is 0 Å². The third-order valence-corrected chi connectivity index (χ3v) is 5.85. The fourth-order valence-electron chi connectivity index (χ4n) is 3.21. The predicted molar refractivity (Wildman–Crippen MR) is 111 cm³/mol. The van der Waals surface area contributed by atoms with E-state index in [2.05, 4.69) is 10.2 Å². The predicted octanol–water partition coefficient (Wildman–Crippen LogP) is 2.32. The van der Waals surface area contributed by atoms with Crippen LogP contribution >= 0.6 is 0 Å². The number of amides is 1. The summed E-state index contributed by atoms with van der Waals surface area (Å²) in [5, 5.41) is 2.81. The van der Waals surface area contributed by atoms with Gasteiger partial charge in [-0.3, -0.25) is 9.10 Å². The van der Waals surface area contributed by atoms with Crippen molar-refractivity contribution in [1.82, 2.24) is 0 Å². The van der Waals surface area contributed by atoms with Gasteiger partial charge in [0.1, 0.15) is 6.04 Å². The first kappa shape index (κ1) is 20.2. The van der Waals surface area contributed by atoms with E-state index in [0.29, 0.717) is 24.6 Å². The molecule has 1 N–H and O–H groups in total. The molecule has 0 aromatic heterocycles. The van der Waals surface area contributed by atoms with E-state index in [4.69, 9.17) is 4.74 Å². The minimum Gasteiger partial charge on any atom is -0.378 e. The van der Waals surface area contributed by atoms with Crippen LogP contribution in [0.5, 0.6) is 0 Å². The summed E-state index contributed by atoms with van der Waals surface area (Å²) in [6.07, 6.45) is 1.10. The summed E-state index contributed by atoms with van der Waals surface area (Å²) in [5.74, 6) is -0.395. The number of benzene rings is 2. The van der Waals surface area contributed by atoms with Crippen molar-refractivity contribution < 1.29 is 17.9 Å². The lowest BCUT2D eigenvalue weighted by molar-refractivity contribution is -0.116. The van der Waals surface area contributed by atoms with Gasteiger partial charge in [0, 0.05) is 24.5 Å². The number of hydrogen-bond acceptors (Lipinski definition) is 5. The maximum absolute atomic E-state index is 12.7. The van der Waals surface area contributed by atoms with Gasteiger partial charge in [-0.15, -0.1) is 0 Å². The van der Waals surface area contributed by atoms with E-state index in [0.717, 1.165) is 29.3 Å². The fourth-order valence-corrected chi connectivity index (χ4v) is 4.38. The van der Waals surface area contributed by atoms with Crippen molar-refractivity contribution in [2.24, 2.45) is 0 Å². The Morgan fingerprint density at radius 3 is 2.25 bits per heavy atom. The van der Waals surface area contributed by atoms with Crippen molar-refractivity contribution in [2.45, 2.75) is 13.0 Å². The third kappa shape index (κ3) is 4.82. The molecule has 1 aliphatic rings. The average molecular weight is 404 g/mol. The molecule has 7 nitrogen and oxygen atoms in total. The molecule has 0 aliphatic carbocycles. The van der Waals surface area contributed by atoms with Gasteiger partial charge in [0.15, 0.2) is 0 Å². The molecule has 150 valence electrons. The number of sulfonamides is 1. The highest BCUT2D eigenvalue weighted by atomic mass is 32.2. The van der Waals surface area contributed by atoms with Gasteiger partial charge in [-0.1, -0.05) is 18.2 Å². The number of anilines is 3. The van der Waals surface area contributed by atoms with Crippen molar-refractivity contribution >= 4 is 33.0 Å². The van der Waals surface area contributed by atoms with E-state index < -0.39 is 22.0 Å². The van der Waals surface area contributed by atoms with Crippen LogP contribution in [0.4, 0.5) is 17.1 Å². The van der Waals surface area contributed by atoms with E-state index in [1.165, 1.54) is 0 Å². The summed E-state index contributed by atoms with van der Waals surface area (Å²) < 4.78 is 31.0. The standard InChI is InChI=1S/C20H25N3O4S/c1-16(23(28(2,25)26)19-6-4-3-5-7-19)20(24)21-17-8-10-18(11-9-17)22-12-14-27-15-13-22/h3-11,16H,12-15H2,1-2H3,(H,21,24). The van der Waals surface area contributed by atoms with E-state index in [-0.39, 0.29) is 0 Å². The molecule has 0 radical (unpaired) electrons. The first-order chi connectivity index (χ1) is 13.4. The zero-order valence-corrected chi connectivity index (χ0v) is 16.9. The Morgan fingerprint density at radius 1 is 1.07 bits per heavy atom. The quantitative estimate of drug-likeness (QED) is 0.801. The molecule has 1 unspecified atom stereocenters. The molecule has 3 rings (SSSR count). The number of hydrogen-bond donors (Lipinski definition) is 1. The molecule has 1 fully saturated rings. The molecule has 1 heterocycles. The molecule has 28 heavy (non-hydrogen) atoms. The molecule has 1 saturated heterocycles. The molecule has 2 aromatic rings. The van der Waals surface area contributed by atoms with Gasteiger partial charge in [0.25, 0.3) is 0 Å². The van der Waals surface area contributed by atoms with Gasteiger partial charge in [0.2, 0.25) is 15.9 Å². The number of para-hydroxylation sites is 1. The van der Waals surface area contributed by atoms with E-state index in [1.54, 1.807) is 37.3 Å². The molecule has 2 aromatic carbocycles. The molecular formula is C20H25N3O4S. The lowest BCUT2D eigenvalue weighted by Gasteiger charge is -2.29. The molecule has 0 saturated carbocycles. The van der Waals surface area contributed by atoms with Crippen molar-refractivity contribution in [3.05, 3.63) is 54.6 Å². The van der Waals surface area contributed by atoms with Gasteiger partial charge in [-0.25, -0.2) is 8.42 Å². The molecular weight excluding hydrogens is 378 g/mol. The first-order valence-corrected chi connectivity index (χ1v) is 11.0. The third-order valence-electron chi connectivity index (χ3n) is 4.61. The second-order valence-electron chi connectivity index (χ2n) is 6.71. The maximum Gasteiger partial charge on any atom is 0.247 e. The number of morpholine rings is 1. The van der Waals surface area contributed by atoms with Crippen LogP contribution in [0.2, 0.25) is 0 Å². The van der Waals surface area contributed by atoms with Crippen molar-refractivity contribution in [3.8, 4) is 0 Å². The molecule has 1 amide bonds. The fraction of sp³-hybridized carbons (Fsp3) is 0.350. The van der Waals surface area contributed by atoms with Gasteiger partial charge in [-0.05, 0) is 43.3 Å². The van der Waals surface area contributed by atoms with Crippen LogP contribution in [0.3, 0.4) is 0 Å². The van der Waals surface area contributed by atoms with Gasteiger partial charge in [-0.2, -0.15) is 0 Å².